The normalized spacial score (nSPS) is 21.6. The standard InChI is InChI=1S/C16H24ClN3/c17-14-5-6-16(13(11-14)12-18)20-9-7-19(8-10-20)15-3-1-2-4-15/h5-6,11,15H,1-4,7-10,12,18H2. The van der Waals surface area contributed by atoms with E-state index in [-0.39, 0.29) is 0 Å². The van der Waals surface area contributed by atoms with E-state index < -0.39 is 0 Å². The van der Waals surface area contributed by atoms with Gasteiger partial charge in [0.1, 0.15) is 0 Å². The molecule has 1 saturated heterocycles. The van der Waals surface area contributed by atoms with E-state index in [1.165, 1.54) is 44.5 Å². The summed E-state index contributed by atoms with van der Waals surface area (Å²) in [6.07, 6.45) is 5.63. The quantitative estimate of drug-likeness (QED) is 0.930. The van der Waals surface area contributed by atoms with E-state index in [0.717, 1.165) is 29.7 Å². The van der Waals surface area contributed by atoms with E-state index in [4.69, 9.17) is 17.3 Å². The second kappa shape index (κ2) is 6.33. The largest absolute Gasteiger partial charge is 0.369 e. The van der Waals surface area contributed by atoms with Gasteiger partial charge in [-0.05, 0) is 36.6 Å². The molecular weight excluding hydrogens is 270 g/mol. The lowest BCUT2D eigenvalue weighted by Gasteiger charge is -2.39. The van der Waals surface area contributed by atoms with E-state index in [0.29, 0.717) is 6.54 Å². The molecule has 0 bridgehead atoms. The van der Waals surface area contributed by atoms with Gasteiger partial charge in [-0.2, -0.15) is 0 Å². The second-order valence-corrected chi connectivity index (χ2v) is 6.37. The monoisotopic (exact) mass is 293 g/mol. The lowest BCUT2D eigenvalue weighted by Crippen LogP contribution is -2.50. The number of nitrogens with zero attached hydrogens (tertiary/aromatic N) is 2. The van der Waals surface area contributed by atoms with Gasteiger partial charge in [-0.1, -0.05) is 24.4 Å². The Kier molecular flexibility index (Phi) is 4.49. The van der Waals surface area contributed by atoms with Crippen LogP contribution < -0.4 is 10.6 Å². The summed E-state index contributed by atoms with van der Waals surface area (Å²) in [6, 6.07) is 6.94. The van der Waals surface area contributed by atoms with Gasteiger partial charge < -0.3 is 10.6 Å². The zero-order valence-electron chi connectivity index (χ0n) is 12.0. The average Bonchev–Trinajstić information content (AvgIpc) is 3.01. The van der Waals surface area contributed by atoms with Crippen LogP contribution in [0.2, 0.25) is 5.02 Å². The first kappa shape index (κ1) is 14.2. The molecule has 1 saturated carbocycles. The number of halogens is 1. The molecule has 0 aromatic heterocycles. The van der Waals surface area contributed by atoms with Gasteiger partial charge in [-0.15, -0.1) is 0 Å². The lowest BCUT2D eigenvalue weighted by atomic mass is 10.1. The van der Waals surface area contributed by atoms with E-state index in [9.17, 15) is 0 Å². The highest BCUT2D eigenvalue weighted by Crippen LogP contribution is 2.28. The smallest absolute Gasteiger partial charge is 0.0413 e. The van der Waals surface area contributed by atoms with Crippen LogP contribution in [0.3, 0.4) is 0 Å². The summed E-state index contributed by atoms with van der Waals surface area (Å²) in [5, 5.41) is 0.777. The molecule has 2 fully saturated rings. The highest BCUT2D eigenvalue weighted by molar-refractivity contribution is 6.30. The van der Waals surface area contributed by atoms with E-state index in [2.05, 4.69) is 15.9 Å². The lowest BCUT2D eigenvalue weighted by molar-refractivity contribution is 0.187. The van der Waals surface area contributed by atoms with Crippen LogP contribution in [0, 0.1) is 0 Å². The molecule has 3 nitrogen and oxygen atoms in total. The van der Waals surface area contributed by atoms with Gasteiger partial charge in [0.25, 0.3) is 0 Å². The van der Waals surface area contributed by atoms with E-state index in [1.807, 2.05) is 12.1 Å². The topological polar surface area (TPSA) is 32.5 Å². The van der Waals surface area contributed by atoms with Gasteiger partial charge in [-0.3, -0.25) is 4.90 Å². The van der Waals surface area contributed by atoms with Crippen LogP contribution in [0.4, 0.5) is 5.69 Å². The zero-order valence-corrected chi connectivity index (χ0v) is 12.8. The number of piperazine rings is 1. The van der Waals surface area contributed by atoms with Gasteiger partial charge in [-0.25, -0.2) is 0 Å². The molecule has 0 radical (unpaired) electrons. The summed E-state index contributed by atoms with van der Waals surface area (Å²) in [7, 11) is 0. The van der Waals surface area contributed by atoms with Crippen molar-refractivity contribution in [2.75, 3.05) is 31.1 Å². The number of hydrogen-bond acceptors (Lipinski definition) is 3. The summed E-state index contributed by atoms with van der Waals surface area (Å²) in [4.78, 5) is 5.14. The Bertz CT molecular complexity index is 449. The molecule has 2 aliphatic rings. The summed E-state index contributed by atoms with van der Waals surface area (Å²) >= 11 is 6.06. The zero-order chi connectivity index (χ0) is 13.9. The maximum absolute atomic E-state index is 6.06. The minimum absolute atomic E-state index is 0.554. The molecule has 1 aliphatic heterocycles. The number of nitrogens with two attached hydrogens (primary N) is 1. The Labute approximate surface area is 126 Å². The van der Waals surface area contributed by atoms with Crippen molar-refractivity contribution in [1.82, 2.24) is 4.90 Å². The maximum Gasteiger partial charge on any atom is 0.0413 e. The van der Waals surface area contributed by atoms with Crippen LogP contribution in [0.15, 0.2) is 18.2 Å². The summed E-state index contributed by atoms with van der Waals surface area (Å²) in [6.45, 7) is 5.11. The van der Waals surface area contributed by atoms with Crippen LogP contribution in [-0.2, 0) is 6.54 Å². The number of anilines is 1. The Morgan fingerprint density at radius 2 is 1.80 bits per heavy atom. The molecule has 1 aliphatic carbocycles. The first-order valence-corrected chi connectivity index (χ1v) is 8.13. The third-order valence-electron chi connectivity index (χ3n) is 4.76. The number of rotatable bonds is 3. The van der Waals surface area contributed by atoms with Crippen molar-refractivity contribution in [3.63, 3.8) is 0 Å². The van der Waals surface area contributed by atoms with Crippen molar-refractivity contribution in [2.24, 2.45) is 5.73 Å². The van der Waals surface area contributed by atoms with Crippen molar-refractivity contribution in [2.45, 2.75) is 38.3 Å². The molecule has 3 rings (SSSR count). The molecule has 20 heavy (non-hydrogen) atoms. The average molecular weight is 294 g/mol. The highest BCUT2D eigenvalue weighted by Gasteiger charge is 2.26. The Morgan fingerprint density at radius 3 is 2.45 bits per heavy atom. The molecule has 0 amide bonds. The maximum atomic E-state index is 6.06. The third-order valence-corrected chi connectivity index (χ3v) is 4.99. The Hall–Kier alpha value is -0.770. The fourth-order valence-corrected chi connectivity index (χ4v) is 3.82. The van der Waals surface area contributed by atoms with E-state index >= 15 is 0 Å². The van der Waals surface area contributed by atoms with Crippen LogP contribution in [0.5, 0.6) is 0 Å². The molecule has 0 spiro atoms. The summed E-state index contributed by atoms with van der Waals surface area (Å²) in [5.41, 5.74) is 8.28. The Morgan fingerprint density at radius 1 is 1.10 bits per heavy atom. The summed E-state index contributed by atoms with van der Waals surface area (Å²) < 4.78 is 0. The number of benzene rings is 1. The van der Waals surface area contributed by atoms with Crippen LogP contribution in [-0.4, -0.2) is 37.1 Å². The molecule has 2 N–H and O–H groups in total. The molecule has 1 aromatic carbocycles. The first-order valence-electron chi connectivity index (χ1n) is 7.75. The van der Waals surface area contributed by atoms with Crippen LogP contribution in [0.25, 0.3) is 0 Å². The van der Waals surface area contributed by atoms with Crippen molar-refractivity contribution < 1.29 is 0 Å². The van der Waals surface area contributed by atoms with Crippen LogP contribution >= 0.6 is 11.6 Å². The third kappa shape index (κ3) is 2.95. The molecular formula is C16H24ClN3. The molecule has 1 heterocycles. The van der Waals surface area contributed by atoms with Gasteiger partial charge >= 0.3 is 0 Å². The van der Waals surface area contributed by atoms with Crippen molar-refractivity contribution in [3.05, 3.63) is 28.8 Å². The van der Waals surface area contributed by atoms with Crippen molar-refractivity contribution in [1.29, 1.82) is 0 Å². The fraction of sp³-hybridized carbons (Fsp3) is 0.625. The fourth-order valence-electron chi connectivity index (χ4n) is 3.62. The van der Waals surface area contributed by atoms with Crippen molar-refractivity contribution in [3.8, 4) is 0 Å². The molecule has 110 valence electrons. The van der Waals surface area contributed by atoms with Gasteiger partial charge in [0, 0.05) is 49.5 Å². The predicted octanol–water partition coefficient (Wildman–Crippen LogP) is 2.86. The van der Waals surface area contributed by atoms with Gasteiger partial charge in [0.05, 0.1) is 0 Å². The van der Waals surface area contributed by atoms with Crippen LogP contribution in [0.1, 0.15) is 31.2 Å². The molecule has 4 heteroatoms. The second-order valence-electron chi connectivity index (χ2n) is 5.94. The van der Waals surface area contributed by atoms with Crippen molar-refractivity contribution >= 4 is 17.3 Å². The molecule has 1 aromatic rings. The first-order chi connectivity index (χ1) is 9.78. The Balaban J connectivity index is 1.65. The minimum Gasteiger partial charge on any atom is -0.369 e. The highest BCUT2D eigenvalue weighted by atomic mass is 35.5. The minimum atomic E-state index is 0.554. The van der Waals surface area contributed by atoms with Gasteiger partial charge in [0.15, 0.2) is 0 Å². The SMILES string of the molecule is NCc1cc(Cl)ccc1N1CCN(C2CCCC2)CC1. The molecule has 0 atom stereocenters. The predicted molar refractivity (Wildman–Crippen MR) is 85.4 cm³/mol. The number of hydrogen-bond donors (Lipinski definition) is 1. The summed E-state index contributed by atoms with van der Waals surface area (Å²) in [5.74, 6) is 0. The molecule has 0 unspecified atom stereocenters. The van der Waals surface area contributed by atoms with E-state index in [1.54, 1.807) is 0 Å². The van der Waals surface area contributed by atoms with Gasteiger partial charge in [0.2, 0.25) is 0 Å².